The zero-order chi connectivity index (χ0) is 13.2. The van der Waals surface area contributed by atoms with E-state index in [1.165, 1.54) is 0 Å². The summed E-state index contributed by atoms with van der Waals surface area (Å²) in [6.07, 6.45) is 4.29. The van der Waals surface area contributed by atoms with Crippen molar-refractivity contribution in [3.05, 3.63) is 0 Å². The van der Waals surface area contributed by atoms with Gasteiger partial charge in [-0.05, 0) is 31.6 Å². The smallest absolute Gasteiger partial charge is 0.219 e. The van der Waals surface area contributed by atoms with E-state index in [9.17, 15) is 10.1 Å². The first-order valence-electron chi connectivity index (χ1n) is 6.99. The summed E-state index contributed by atoms with van der Waals surface area (Å²) in [4.78, 5) is 15.5. The zero-order valence-electron chi connectivity index (χ0n) is 11.5. The number of nitrogens with zero attached hydrogens (tertiary/aromatic N) is 3. The van der Waals surface area contributed by atoms with E-state index in [0.29, 0.717) is 0 Å². The highest BCUT2D eigenvalue weighted by Gasteiger charge is 2.41. The summed E-state index contributed by atoms with van der Waals surface area (Å²) in [5.74, 6) is 0.905. The molecule has 0 aromatic rings. The largest absolute Gasteiger partial charge is 0.340 e. The molecular formula is C14H23N3O. The minimum Gasteiger partial charge on any atom is -0.340 e. The van der Waals surface area contributed by atoms with Crippen LogP contribution in [0.1, 0.15) is 39.5 Å². The average Bonchev–Trinajstić information content (AvgIpc) is 2.40. The second-order valence-corrected chi connectivity index (χ2v) is 5.82. The third kappa shape index (κ3) is 2.51. The number of rotatable bonds is 1. The fourth-order valence-electron chi connectivity index (χ4n) is 3.19. The van der Waals surface area contributed by atoms with Crippen LogP contribution in [0.25, 0.3) is 0 Å². The molecule has 0 bridgehead atoms. The first-order valence-corrected chi connectivity index (χ1v) is 6.99. The van der Waals surface area contributed by atoms with Crippen LogP contribution in [0.15, 0.2) is 0 Å². The number of hydrogen-bond donors (Lipinski definition) is 0. The van der Waals surface area contributed by atoms with Crippen LogP contribution < -0.4 is 0 Å². The van der Waals surface area contributed by atoms with Gasteiger partial charge in [-0.3, -0.25) is 9.69 Å². The summed E-state index contributed by atoms with van der Waals surface area (Å²) in [5.41, 5.74) is -0.255. The Morgan fingerprint density at radius 2 is 1.78 bits per heavy atom. The molecule has 18 heavy (non-hydrogen) atoms. The van der Waals surface area contributed by atoms with Gasteiger partial charge < -0.3 is 4.90 Å². The Balaban J connectivity index is 1.99. The molecule has 1 aliphatic heterocycles. The fourth-order valence-corrected chi connectivity index (χ4v) is 3.19. The zero-order valence-corrected chi connectivity index (χ0v) is 11.5. The van der Waals surface area contributed by atoms with Gasteiger partial charge in [0.15, 0.2) is 0 Å². The molecule has 0 spiro atoms. The van der Waals surface area contributed by atoms with Crippen LogP contribution in [-0.4, -0.2) is 47.4 Å². The van der Waals surface area contributed by atoms with E-state index in [1.54, 1.807) is 6.92 Å². The molecule has 1 amide bonds. The maximum Gasteiger partial charge on any atom is 0.219 e. The Bertz CT molecular complexity index is 345. The molecular weight excluding hydrogens is 226 g/mol. The van der Waals surface area contributed by atoms with Gasteiger partial charge in [0.1, 0.15) is 5.54 Å². The van der Waals surface area contributed by atoms with Crippen molar-refractivity contribution in [2.24, 2.45) is 5.92 Å². The molecule has 0 unspecified atom stereocenters. The summed E-state index contributed by atoms with van der Waals surface area (Å²) in [5, 5.41) is 9.58. The molecule has 2 aliphatic rings. The van der Waals surface area contributed by atoms with Crippen LogP contribution in [0.4, 0.5) is 0 Å². The molecule has 0 atom stereocenters. The van der Waals surface area contributed by atoms with Crippen LogP contribution in [0.5, 0.6) is 0 Å². The van der Waals surface area contributed by atoms with Crippen molar-refractivity contribution >= 4 is 5.91 Å². The molecule has 4 heteroatoms. The minimum atomic E-state index is -0.255. The fraction of sp³-hybridized carbons (Fsp3) is 0.857. The SMILES string of the molecule is CC(=O)N1CCN(C2(C#N)CCC(C)CC2)CC1. The maximum atomic E-state index is 11.3. The first kappa shape index (κ1) is 13.4. The van der Waals surface area contributed by atoms with E-state index < -0.39 is 0 Å². The number of piperazine rings is 1. The van der Waals surface area contributed by atoms with Gasteiger partial charge >= 0.3 is 0 Å². The van der Waals surface area contributed by atoms with Crippen LogP contribution in [0, 0.1) is 17.2 Å². The van der Waals surface area contributed by atoms with Gasteiger partial charge in [0.25, 0.3) is 0 Å². The summed E-state index contributed by atoms with van der Waals surface area (Å²) in [6, 6.07) is 2.57. The number of carbonyl (C=O) groups is 1. The number of nitriles is 1. The lowest BCUT2D eigenvalue weighted by molar-refractivity contribution is -0.131. The number of carbonyl (C=O) groups excluding carboxylic acids is 1. The standard InChI is InChI=1S/C14H23N3O/c1-12-3-5-14(11-15,6-4-12)17-9-7-16(8-10-17)13(2)18/h12H,3-10H2,1-2H3. The lowest BCUT2D eigenvalue weighted by Crippen LogP contribution is -2.58. The molecule has 2 fully saturated rings. The molecule has 0 aromatic heterocycles. The lowest BCUT2D eigenvalue weighted by Gasteiger charge is -2.46. The summed E-state index contributed by atoms with van der Waals surface area (Å²) in [6.45, 7) is 7.14. The third-order valence-corrected chi connectivity index (χ3v) is 4.64. The Labute approximate surface area is 110 Å². The molecule has 4 nitrogen and oxygen atoms in total. The highest BCUT2D eigenvalue weighted by molar-refractivity contribution is 5.73. The topological polar surface area (TPSA) is 47.3 Å². The Morgan fingerprint density at radius 1 is 1.22 bits per heavy atom. The van der Waals surface area contributed by atoms with Gasteiger partial charge in [-0.25, -0.2) is 0 Å². The Morgan fingerprint density at radius 3 is 2.22 bits per heavy atom. The highest BCUT2D eigenvalue weighted by Crippen LogP contribution is 2.36. The predicted octanol–water partition coefficient (Wildman–Crippen LogP) is 1.62. The van der Waals surface area contributed by atoms with Crippen LogP contribution in [0.2, 0.25) is 0 Å². The van der Waals surface area contributed by atoms with E-state index in [1.807, 2.05) is 4.90 Å². The van der Waals surface area contributed by atoms with Crippen molar-refractivity contribution < 1.29 is 4.79 Å². The molecule has 2 rings (SSSR count). The van der Waals surface area contributed by atoms with Crippen LogP contribution in [-0.2, 0) is 4.79 Å². The van der Waals surface area contributed by atoms with Crippen molar-refractivity contribution in [2.75, 3.05) is 26.2 Å². The summed E-state index contributed by atoms with van der Waals surface area (Å²) in [7, 11) is 0. The average molecular weight is 249 g/mol. The monoisotopic (exact) mass is 249 g/mol. The maximum absolute atomic E-state index is 11.3. The van der Waals surface area contributed by atoms with E-state index >= 15 is 0 Å². The van der Waals surface area contributed by atoms with E-state index in [-0.39, 0.29) is 11.4 Å². The summed E-state index contributed by atoms with van der Waals surface area (Å²) < 4.78 is 0. The third-order valence-electron chi connectivity index (χ3n) is 4.64. The second kappa shape index (κ2) is 5.27. The predicted molar refractivity (Wildman–Crippen MR) is 69.8 cm³/mol. The lowest BCUT2D eigenvalue weighted by atomic mass is 9.76. The van der Waals surface area contributed by atoms with Gasteiger partial charge in [-0.2, -0.15) is 5.26 Å². The van der Waals surface area contributed by atoms with Crippen molar-refractivity contribution in [3.8, 4) is 6.07 Å². The van der Waals surface area contributed by atoms with Crippen molar-refractivity contribution in [1.29, 1.82) is 5.26 Å². The van der Waals surface area contributed by atoms with E-state index in [4.69, 9.17) is 0 Å². The van der Waals surface area contributed by atoms with Crippen molar-refractivity contribution in [1.82, 2.24) is 9.80 Å². The molecule has 1 heterocycles. The molecule has 1 aliphatic carbocycles. The van der Waals surface area contributed by atoms with Crippen LogP contribution >= 0.6 is 0 Å². The Kier molecular flexibility index (Phi) is 3.91. The number of amides is 1. The van der Waals surface area contributed by atoms with Crippen molar-refractivity contribution in [2.45, 2.75) is 45.1 Å². The second-order valence-electron chi connectivity index (χ2n) is 5.82. The number of hydrogen-bond acceptors (Lipinski definition) is 3. The van der Waals surface area contributed by atoms with Gasteiger partial charge in [0.05, 0.1) is 6.07 Å². The summed E-state index contributed by atoms with van der Waals surface area (Å²) >= 11 is 0. The van der Waals surface area contributed by atoms with Crippen LogP contribution in [0.3, 0.4) is 0 Å². The van der Waals surface area contributed by atoms with E-state index in [0.717, 1.165) is 57.8 Å². The van der Waals surface area contributed by atoms with Crippen molar-refractivity contribution in [3.63, 3.8) is 0 Å². The van der Waals surface area contributed by atoms with Gasteiger partial charge in [-0.15, -0.1) is 0 Å². The Hall–Kier alpha value is -1.08. The van der Waals surface area contributed by atoms with Gasteiger partial charge in [-0.1, -0.05) is 6.92 Å². The van der Waals surface area contributed by atoms with E-state index in [2.05, 4.69) is 17.9 Å². The molecule has 0 N–H and O–H groups in total. The van der Waals surface area contributed by atoms with Gasteiger partial charge in [0.2, 0.25) is 5.91 Å². The highest BCUT2D eigenvalue weighted by atomic mass is 16.2. The molecule has 0 radical (unpaired) electrons. The molecule has 0 aromatic carbocycles. The normalized spacial score (nSPS) is 34.1. The minimum absolute atomic E-state index is 0.151. The molecule has 1 saturated carbocycles. The van der Waals surface area contributed by atoms with Gasteiger partial charge in [0, 0.05) is 33.1 Å². The molecule has 1 saturated heterocycles. The quantitative estimate of drug-likeness (QED) is 0.709. The first-order chi connectivity index (χ1) is 8.57. The molecule has 100 valence electrons.